The summed E-state index contributed by atoms with van der Waals surface area (Å²) < 4.78 is 4.39. The van der Waals surface area contributed by atoms with Gasteiger partial charge in [0.15, 0.2) is 6.10 Å². The van der Waals surface area contributed by atoms with Crippen molar-refractivity contribution in [2.75, 3.05) is 7.11 Å². The smallest absolute Gasteiger partial charge is 0.337 e. The number of ether oxygens (including phenoxy) is 1. The van der Waals surface area contributed by atoms with E-state index in [1.165, 1.54) is 0 Å². The van der Waals surface area contributed by atoms with Gasteiger partial charge in [-0.1, -0.05) is 12.1 Å². The quantitative estimate of drug-likeness (QED) is 0.685. The van der Waals surface area contributed by atoms with E-state index < -0.39 is 18.2 Å². The lowest BCUT2D eigenvalue weighted by Crippen LogP contribution is -2.29. The number of fused-ring (bicyclic) bond motifs is 1. The van der Waals surface area contributed by atoms with Gasteiger partial charge in [0, 0.05) is 17.1 Å². The second-order valence-electron chi connectivity index (χ2n) is 3.70. The molecule has 0 saturated heterocycles. The van der Waals surface area contributed by atoms with Crippen molar-refractivity contribution in [3.05, 3.63) is 36.0 Å². The Balaban J connectivity index is 2.39. The molecule has 1 aromatic heterocycles. The van der Waals surface area contributed by atoms with Crippen molar-refractivity contribution in [3.63, 3.8) is 0 Å². The number of aromatic amines is 1. The molecule has 3 N–H and O–H groups in total. The molecule has 0 saturated carbocycles. The maximum Gasteiger partial charge on any atom is 0.337 e. The molecule has 17 heavy (non-hydrogen) atoms. The van der Waals surface area contributed by atoms with E-state index >= 15 is 0 Å². The number of rotatable bonds is 3. The predicted molar refractivity (Wildman–Crippen MR) is 61.3 cm³/mol. The maximum absolute atomic E-state index is 11.2. The number of esters is 1. The molecule has 2 atom stereocenters. The van der Waals surface area contributed by atoms with E-state index in [0.717, 1.165) is 18.0 Å². The lowest BCUT2D eigenvalue weighted by atomic mass is 10.0. The number of aromatic nitrogens is 1. The van der Waals surface area contributed by atoms with Gasteiger partial charge in [0.2, 0.25) is 0 Å². The van der Waals surface area contributed by atoms with E-state index in [1.807, 2.05) is 6.07 Å². The van der Waals surface area contributed by atoms with Gasteiger partial charge in [-0.2, -0.15) is 0 Å². The summed E-state index contributed by atoms with van der Waals surface area (Å²) in [4.78, 5) is 14.1. The van der Waals surface area contributed by atoms with Crippen LogP contribution in [0.15, 0.2) is 30.5 Å². The first-order chi connectivity index (χ1) is 8.15. The third-order valence-corrected chi connectivity index (χ3v) is 2.69. The Morgan fingerprint density at radius 1 is 1.35 bits per heavy atom. The van der Waals surface area contributed by atoms with Crippen LogP contribution in [0.1, 0.15) is 11.7 Å². The van der Waals surface area contributed by atoms with Gasteiger partial charge in [0.05, 0.1) is 7.11 Å². The number of hydrogen-bond acceptors (Lipinski definition) is 4. The van der Waals surface area contributed by atoms with Gasteiger partial charge < -0.3 is 19.9 Å². The second-order valence-corrected chi connectivity index (χ2v) is 3.70. The molecule has 5 heteroatoms. The predicted octanol–water partition coefficient (Wildman–Crippen LogP) is 0.735. The standard InChI is InChI=1S/C12H13NO4/c1-17-12(16)11(15)10(14)8-3-2-4-9-7(8)5-6-13-9/h2-6,10-11,13-15H,1H3. The number of aliphatic hydroxyl groups is 2. The summed E-state index contributed by atoms with van der Waals surface area (Å²) in [6, 6.07) is 7.02. The first-order valence-corrected chi connectivity index (χ1v) is 5.15. The molecule has 2 aromatic rings. The van der Waals surface area contributed by atoms with Crippen LogP contribution in [0.25, 0.3) is 10.9 Å². The van der Waals surface area contributed by atoms with Crippen molar-refractivity contribution in [1.29, 1.82) is 0 Å². The molecular formula is C12H13NO4. The Morgan fingerprint density at radius 3 is 2.82 bits per heavy atom. The van der Waals surface area contributed by atoms with Crippen molar-refractivity contribution < 1.29 is 19.7 Å². The van der Waals surface area contributed by atoms with Crippen molar-refractivity contribution in [1.82, 2.24) is 4.98 Å². The van der Waals surface area contributed by atoms with Gasteiger partial charge in [-0.15, -0.1) is 0 Å². The Labute approximate surface area is 97.6 Å². The summed E-state index contributed by atoms with van der Waals surface area (Å²) in [7, 11) is 1.16. The Hall–Kier alpha value is -1.85. The zero-order valence-corrected chi connectivity index (χ0v) is 9.25. The summed E-state index contributed by atoms with van der Waals surface area (Å²) in [5.74, 6) is -0.856. The van der Waals surface area contributed by atoms with E-state index in [2.05, 4.69) is 9.72 Å². The molecule has 0 aliphatic carbocycles. The molecular weight excluding hydrogens is 222 g/mol. The maximum atomic E-state index is 11.2. The number of benzene rings is 1. The Bertz CT molecular complexity index is 534. The molecule has 2 unspecified atom stereocenters. The summed E-state index contributed by atoms with van der Waals surface area (Å²) in [5, 5.41) is 20.3. The van der Waals surface area contributed by atoms with Crippen LogP contribution in [0.3, 0.4) is 0 Å². The average molecular weight is 235 g/mol. The SMILES string of the molecule is COC(=O)C(O)C(O)c1cccc2[nH]ccc12. The third-order valence-electron chi connectivity index (χ3n) is 2.69. The molecule has 0 spiro atoms. The van der Waals surface area contributed by atoms with E-state index in [-0.39, 0.29) is 0 Å². The van der Waals surface area contributed by atoms with Gasteiger partial charge in [-0.05, 0) is 17.7 Å². The Kier molecular flexibility index (Phi) is 3.12. The molecule has 90 valence electrons. The zero-order valence-electron chi connectivity index (χ0n) is 9.25. The van der Waals surface area contributed by atoms with E-state index in [0.29, 0.717) is 5.56 Å². The van der Waals surface area contributed by atoms with Crippen LogP contribution in [-0.4, -0.2) is 34.4 Å². The summed E-state index contributed by atoms with van der Waals surface area (Å²) in [6.07, 6.45) is -1.16. The van der Waals surface area contributed by atoms with Crippen LogP contribution >= 0.6 is 0 Å². The molecule has 5 nitrogen and oxygen atoms in total. The van der Waals surface area contributed by atoms with E-state index in [4.69, 9.17) is 0 Å². The van der Waals surface area contributed by atoms with Crippen LogP contribution in [0.5, 0.6) is 0 Å². The fourth-order valence-electron chi connectivity index (χ4n) is 1.79. The molecule has 0 aliphatic rings. The highest BCUT2D eigenvalue weighted by Gasteiger charge is 2.27. The molecule has 1 heterocycles. The number of carbonyl (C=O) groups excluding carboxylic acids is 1. The zero-order chi connectivity index (χ0) is 12.4. The average Bonchev–Trinajstić information content (AvgIpc) is 2.83. The van der Waals surface area contributed by atoms with Crippen LogP contribution in [0.4, 0.5) is 0 Å². The number of carbonyl (C=O) groups is 1. The molecule has 0 fully saturated rings. The van der Waals surface area contributed by atoms with E-state index in [9.17, 15) is 15.0 Å². The minimum Gasteiger partial charge on any atom is -0.467 e. The normalized spacial score (nSPS) is 14.5. The van der Waals surface area contributed by atoms with Crippen molar-refractivity contribution >= 4 is 16.9 Å². The van der Waals surface area contributed by atoms with Gasteiger partial charge in [-0.25, -0.2) is 4.79 Å². The van der Waals surface area contributed by atoms with Gasteiger partial charge >= 0.3 is 5.97 Å². The number of methoxy groups -OCH3 is 1. The van der Waals surface area contributed by atoms with Crippen LogP contribution in [0, 0.1) is 0 Å². The molecule has 0 amide bonds. The summed E-state index contributed by atoms with van der Waals surface area (Å²) >= 11 is 0. The Morgan fingerprint density at radius 2 is 2.12 bits per heavy atom. The number of aliphatic hydroxyl groups excluding tert-OH is 2. The minimum absolute atomic E-state index is 0.488. The van der Waals surface area contributed by atoms with E-state index in [1.54, 1.807) is 24.4 Å². The van der Waals surface area contributed by atoms with Crippen LogP contribution in [0.2, 0.25) is 0 Å². The fourth-order valence-corrected chi connectivity index (χ4v) is 1.79. The van der Waals surface area contributed by atoms with Crippen LogP contribution in [-0.2, 0) is 9.53 Å². The van der Waals surface area contributed by atoms with Crippen molar-refractivity contribution in [3.8, 4) is 0 Å². The van der Waals surface area contributed by atoms with Gasteiger partial charge in [0.1, 0.15) is 6.10 Å². The summed E-state index contributed by atoms with van der Waals surface area (Å²) in [5.41, 5.74) is 1.32. The first kappa shape index (κ1) is 11.6. The molecule has 0 aliphatic heterocycles. The van der Waals surface area contributed by atoms with Gasteiger partial charge in [0.25, 0.3) is 0 Å². The van der Waals surface area contributed by atoms with Crippen molar-refractivity contribution in [2.45, 2.75) is 12.2 Å². The highest BCUT2D eigenvalue weighted by Crippen LogP contribution is 2.26. The number of hydrogen-bond donors (Lipinski definition) is 3. The largest absolute Gasteiger partial charge is 0.467 e. The highest BCUT2D eigenvalue weighted by molar-refractivity contribution is 5.84. The molecule has 0 radical (unpaired) electrons. The topological polar surface area (TPSA) is 82.6 Å². The second kappa shape index (κ2) is 4.57. The third kappa shape index (κ3) is 2.02. The van der Waals surface area contributed by atoms with Crippen LogP contribution < -0.4 is 0 Å². The first-order valence-electron chi connectivity index (χ1n) is 5.15. The molecule has 0 bridgehead atoms. The lowest BCUT2D eigenvalue weighted by molar-refractivity contribution is -0.156. The van der Waals surface area contributed by atoms with Crippen molar-refractivity contribution in [2.24, 2.45) is 0 Å². The molecule has 1 aromatic carbocycles. The molecule has 2 rings (SSSR count). The fraction of sp³-hybridized carbons (Fsp3) is 0.250. The number of H-pyrrole nitrogens is 1. The highest BCUT2D eigenvalue weighted by atomic mass is 16.5. The minimum atomic E-state index is -1.58. The number of nitrogens with one attached hydrogen (secondary N) is 1. The monoisotopic (exact) mass is 235 g/mol. The lowest BCUT2D eigenvalue weighted by Gasteiger charge is -2.16. The summed E-state index contributed by atoms with van der Waals surface area (Å²) in [6.45, 7) is 0. The van der Waals surface area contributed by atoms with Gasteiger partial charge in [-0.3, -0.25) is 0 Å².